The van der Waals surface area contributed by atoms with Crippen molar-refractivity contribution in [3.63, 3.8) is 0 Å². The molecule has 2 atom stereocenters. The third-order valence-electron chi connectivity index (χ3n) is 3.61. The van der Waals surface area contributed by atoms with Gasteiger partial charge in [-0.3, -0.25) is 4.79 Å². The molecule has 1 aromatic rings. The van der Waals surface area contributed by atoms with Crippen LogP contribution in [0.1, 0.15) is 13.8 Å². The fourth-order valence-corrected chi connectivity index (χ4v) is 3.67. The molecule has 0 spiro atoms. The van der Waals surface area contributed by atoms with E-state index in [1.165, 1.54) is 33.1 Å². The number of esters is 1. The molecule has 1 aliphatic heterocycles. The summed E-state index contributed by atoms with van der Waals surface area (Å²) >= 11 is 0. The minimum Gasteiger partial charge on any atom is -0.486 e. The summed E-state index contributed by atoms with van der Waals surface area (Å²) in [5.74, 6) is -0.383. The van der Waals surface area contributed by atoms with Gasteiger partial charge < -0.3 is 14.2 Å². The zero-order chi connectivity index (χ0) is 15.6. The Labute approximate surface area is 123 Å². The number of ether oxygens (including phenoxy) is 3. The molecule has 0 N–H and O–H groups in total. The summed E-state index contributed by atoms with van der Waals surface area (Å²) in [6, 6.07) is 4.46. The summed E-state index contributed by atoms with van der Waals surface area (Å²) in [5, 5.41) is -0.896. The second kappa shape index (κ2) is 5.93. The van der Waals surface area contributed by atoms with E-state index in [1.54, 1.807) is 6.07 Å². The van der Waals surface area contributed by atoms with E-state index in [0.717, 1.165) is 0 Å². The fourth-order valence-electron chi connectivity index (χ4n) is 2.06. The molecule has 2 rings (SSSR count). The van der Waals surface area contributed by atoms with Gasteiger partial charge in [0.25, 0.3) is 0 Å². The van der Waals surface area contributed by atoms with Crippen LogP contribution >= 0.6 is 0 Å². The summed E-state index contributed by atoms with van der Waals surface area (Å²) in [4.78, 5) is 11.6. The molecule has 0 aromatic heterocycles. The first-order valence-electron chi connectivity index (χ1n) is 6.59. The average molecular weight is 314 g/mol. The highest BCUT2D eigenvalue weighted by Crippen LogP contribution is 2.34. The molecule has 1 heterocycles. The van der Waals surface area contributed by atoms with Crippen LogP contribution in [0.15, 0.2) is 23.1 Å². The summed E-state index contributed by atoms with van der Waals surface area (Å²) in [5.41, 5.74) is 0. The lowest BCUT2D eigenvalue weighted by Crippen LogP contribution is -2.31. The molecule has 0 fully saturated rings. The highest BCUT2D eigenvalue weighted by molar-refractivity contribution is 7.92. The van der Waals surface area contributed by atoms with Gasteiger partial charge in [0.1, 0.15) is 13.2 Å². The van der Waals surface area contributed by atoms with Crippen molar-refractivity contribution in [2.45, 2.75) is 24.0 Å². The van der Waals surface area contributed by atoms with E-state index in [1.807, 2.05) is 0 Å². The van der Waals surface area contributed by atoms with Gasteiger partial charge in [0, 0.05) is 6.07 Å². The van der Waals surface area contributed by atoms with Gasteiger partial charge in [0.15, 0.2) is 21.3 Å². The molecule has 0 saturated heterocycles. The van der Waals surface area contributed by atoms with Crippen molar-refractivity contribution in [2.75, 3.05) is 20.3 Å². The molecule has 0 saturated carbocycles. The number of sulfone groups is 1. The summed E-state index contributed by atoms with van der Waals surface area (Å²) in [6.45, 7) is 3.85. The number of fused-ring (bicyclic) bond motifs is 1. The Morgan fingerprint density at radius 1 is 1.19 bits per heavy atom. The first-order chi connectivity index (χ1) is 9.87. The zero-order valence-electron chi connectivity index (χ0n) is 12.2. The van der Waals surface area contributed by atoms with Crippen molar-refractivity contribution in [3.05, 3.63) is 18.2 Å². The lowest BCUT2D eigenvalue weighted by Gasteiger charge is -2.21. The summed E-state index contributed by atoms with van der Waals surface area (Å²) in [6.07, 6.45) is 0. The molecular formula is C14H18O6S. The third-order valence-corrected chi connectivity index (χ3v) is 5.91. The summed E-state index contributed by atoms with van der Waals surface area (Å²) in [7, 11) is -2.42. The van der Waals surface area contributed by atoms with Crippen LogP contribution in [0.3, 0.4) is 0 Å². The van der Waals surface area contributed by atoms with E-state index < -0.39 is 27.0 Å². The van der Waals surface area contributed by atoms with Crippen LogP contribution in [0.25, 0.3) is 0 Å². The van der Waals surface area contributed by atoms with E-state index in [-0.39, 0.29) is 4.90 Å². The smallest absolute Gasteiger partial charge is 0.309 e. The lowest BCUT2D eigenvalue weighted by molar-refractivity contribution is -0.144. The quantitative estimate of drug-likeness (QED) is 0.782. The van der Waals surface area contributed by atoms with Crippen molar-refractivity contribution in [3.8, 4) is 11.5 Å². The van der Waals surface area contributed by atoms with Gasteiger partial charge in [-0.1, -0.05) is 6.92 Å². The van der Waals surface area contributed by atoms with Gasteiger partial charge in [-0.2, -0.15) is 0 Å². The Morgan fingerprint density at radius 2 is 1.81 bits per heavy atom. The van der Waals surface area contributed by atoms with E-state index in [4.69, 9.17) is 9.47 Å². The third kappa shape index (κ3) is 2.97. The molecule has 0 bridgehead atoms. The number of carbonyl (C=O) groups is 1. The van der Waals surface area contributed by atoms with Crippen LogP contribution in [-0.2, 0) is 19.4 Å². The number of methoxy groups -OCH3 is 1. The maximum absolute atomic E-state index is 12.6. The second-order valence-electron chi connectivity index (χ2n) is 4.87. The van der Waals surface area contributed by atoms with E-state index in [9.17, 15) is 13.2 Å². The van der Waals surface area contributed by atoms with Gasteiger partial charge in [0.05, 0.1) is 23.2 Å². The first-order valence-corrected chi connectivity index (χ1v) is 8.14. The van der Waals surface area contributed by atoms with Crippen LogP contribution in [0.2, 0.25) is 0 Å². The Bertz CT molecular complexity index is 637. The molecular weight excluding hydrogens is 296 g/mol. The second-order valence-corrected chi connectivity index (χ2v) is 7.17. The molecule has 116 valence electrons. The van der Waals surface area contributed by atoms with Gasteiger partial charge in [-0.15, -0.1) is 0 Å². The van der Waals surface area contributed by atoms with Crippen LogP contribution in [-0.4, -0.2) is 40.0 Å². The highest BCUT2D eigenvalue weighted by atomic mass is 32.2. The minimum atomic E-state index is -3.66. The zero-order valence-corrected chi connectivity index (χ0v) is 13.0. The first kappa shape index (κ1) is 15.6. The predicted molar refractivity (Wildman–Crippen MR) is 75.3 cm³/mol. The van der Waals surface area contributed by atoms with Crippen molar-refractivity contribution in [1.29, 1.82) is 0 Å². The van der Waals surface area contributed by atoms with Gasteiger partial charge in [0.2, 0.25) is 0 Å². The monoisotopic (exact) mass is 314 g/mol. The number of rotatable bonds is 4. The van der Waals surface area contributed by atoms with Gasteiger partial charge in [-0.25, -0.2) is 8.42 Å². The van der Waals surface area contributed by atoms with Crippen LogP contribution in [0.5, 0.6) is 11.5 Å². The van der Waals surface area contributed by atoms with Crippen molar-refractivity contribution in [2.24, 2.45) is 5.92 Å². The molecule has 0 amide bonds. The van der Waals surface area contributed by atoms with Gasteiger partial charge >= 0.3 is 5.97 Å². The molecule has 1 aliphatic rings. The number of hydrogen-bond donors (Lipinski definition) is 0. The highest BCUT2D eigenvalue weighted by Gasteiger charge is 2.33. The van der Waals surface area contributed by atoms with Crippen LogP contribution in [0.4, 0.5) is 0 Å². The molecule has 1 aromatic carbocycles. The molecule has 6 nitrogen and oxygen atoms in total. The molecule has 0 radical (unpaired) electrons. The van der Waals surface area contributed by atoms with Crippen LogP contribution < -0.4 is 9.47 Å². The van der Waals surface area contributed by atoms with Crippen molar-refractivity contribution in [1.82, 2.24) is 0 Å². The molecule has 21 heavy (non-hydrogen) atoms. The normalized spacial score (nSPS) is 16.9. The minimum absolute atomic E-state index is 0.106. The molecule has 0 aliphatic carbocycles. The van der Waals surface area contributed by atoms with Gasteiger partial charge in [-0.05, 0) is 19.1 Å². The SMILES string of the molecule is COC(=O)C(C)C(C)S(=O)(=O)c1ccc2c(c1)OCCO2. The van der Waals surface area contributed by atoms with E-state index >= 15 is 0 Å². The topological polar surface area (TPSA) is 78.9 Å². The Hall–Kier alpha value is -1.76. The number of carbonyl (C=O) groups excluding carboxylic acids is 1. The van der Waals surface area contributed by atoms with Crippen molar-refractivity contribution < 1.29 is 27.4 Å². The largest absolute Gasteiger partial charge is 0.486 e. The molecule has 2 unspecified atom stereocenters. The van der Waals surface area contributed by atoms with Crippen LogP contribution in [0, 0.1) is 5.92 Å². The Morgan fingerprint density at radius 3 is 2.43 bits per heavy atom. The molecule has 7 heteroatoms. The maximum atomic E-state index is 12.6. The Kier molecular flexibility index (Phi) is 4.41. The standard InChI is InChI=1S/C14H18O6S/c1-9(14(15)18-3)10(2)21(16,17)11-4-5-12-13(8-11)20-7-6-19-12/h4-5,8-10H,6-7H2,1-3H3. The number of hydrogen-bond acceptors (Lipinski definition) is 6. The van der Waals surface area contributed by atoms with E-state index in [2.05, 4.69) is 4.74 Å². The number of benzene rings is 1. The average Bonchev–Trinajstić information content (AvgIpc) is 2.52. The van der Waals surface area contributed by atoms with E-state index in [0.29, 0.717) is 24.7 Å². The van der Waals surface area contributed by atoms with Crippen molar-refractivity contribution >= 4 is 15.8 Å². The fraction of sp³-hybridized carbons (Fsp3) is 0.500. The predicted octanol–water partition coefficient (Wildman–Crippen LogP) is 1.43. The lowest BCUT2D eigenvalue weighted by atomic mass is 10.1. The maximum Gasteiger partial charge on any atom is 0.309 e. The Balaban J connectivity index is 2.33. The summed E-state index contributed by atoms with van der Waals surface area (Å²) < 4.78 is 40.5.